The van der Waals surface area contributed by atoms with Gasteiger partial charge < -0.3 is 0 Å². The highest BCUT2D eigenvalue weighted by Crippen LogP contribution is 2.19. The highest BCUT2D eigenvalue weighted by Gasteiger charge is 2.08. The van der Waals surface area contributed by atoms with E-state index in [1.54, 1.807) is 12.1 Å². The third-order valence-electron chi connectivity index (χ3n) is 2.69. The van der Waals surface area contributed by atoms with Crippen molar-refractivity contribution in [1.29, 1.82) is 5.26 Å². The lowest BCUT2D eigenvalue weighted by molar-refractivity contribution is 0.719. The molecule has 0 radical (unpaired) electrons. The molecule has 0 fully saturated rings. The highest BCUT2D eigenvalue weighted by atomic mass is 79.9. The molecule has 2 aromatic carbocycles. The van der Waals surface area contributed by atoms with E-state index in [-0.39, 0.29) is 0 Å². The Morgan fingerprint density at radius 3 is 2.65 bits per heavy atom. The van der Waals surface area contributed by atoms with Crippen molar-refractivity contribution in [2.75, 3.05) is 0 Å². The second-order valence-electron chi connectivity index (χ2n) is 4.08. The van der Waals surface area contributed by atoms with Gasteiger partial charge in [0.15, 0.2) is 0 Å². The molecule has 20 heavy (non-hydrogen) atoms. The van der Waals surface area contributed by atoms with E-state index in [9.17, 15) is 0 Å². The number of rotatable bonds is 2. The molecular weight excluding hydrogens is 318 g/mol. The van der Waals surface area contributed by atoms with Crippen molar-refractivity contribution in [2.24, 2.45) is 0 Å². The number of hydrogen-bond acceptors (Lipinski definition) is 4. The number of halogens is 1. The van der Waals surface area contributed by atoms with Gasteiger partial charge in [-0.3, -0.25) is 0 Å². The molecule has 0 N–H and O–H groups in total. The van der Waals surface area contributed by atoms with Crippen LogP contribution in [-0.2, 0) is 0 Å². The summed E-state index contributed by atoms with van der Waals surface area (Å²) >= 11 is 3.36. The topological polar surface area (TPSA) is 67.4 Å². The summed E-state index contributed by atoms with van der Waals surface area (Å²) < 4.78 is 0.796. The van der Waals surface area contributed by atoms with Crippen LogP contribution in [0.1, 0.15) is 5.56 Å². The maximum Gasteiger partial charge on any atom is 0.205 e. The van der Waals surface area contributed by atoms with E-state index in [2.05, 4.69) is 37.4 Å². The van der Waals surface area contributed by atoms with E-state index >= 15 is 0 Å². The average Bonchev–Trinajstić information content (AvgIpc) is 2.97. The average molecular weight is 326 g/mol. The number of tetrazole rings is 1. The molecule has 0 saturated heterocycles. The lowest BCUT2D eigenvalue weighted by atomic mass is 10.2. The third kappa shape index (κ3) is 2.44. The Morgan fingerprint density at radius 2 is 1.90 bits per heavy atom. The first kappa shape index (κ1) is 12.5. The Kier molecular flexibility index (Phi) is 3.27. The van der Waals surface area contributed by atoms with Gasteiger partial charge in [0, 0.05) is 10.0 Å². The predicted octanol–water partition coefficient (Wildman–Crippen LogP) is 2.96. The van der Waals surface area contributed by atoms with Crippen LogP contribution in [0, 0.1) is 11.3 Å². The molecule has 0 aliphatic rings. The minimum atomic E-state index is 0.535. The standard InChI is InChI=1S/C14H8BrN5/c15-12-6-10(9-16)7-13(8-12)20-18-14(17-19-20)11-4-2-1-3-5-11/h1-8H. The molecule has 3 aromatic rings. The van der Waals surface area contributed by atoms with Gasteiger partial charge in [-0.15, -0.1) is 15.0 Å². The summed E-state index contributed by atoms with van der Waals surface area (Å²) in [6, 6.07) is 17.0. The van der Waals surface area contributed by atoms with Crippen molar-refractivity contribution >= 4 is 15.9 Å². The first-order valence-electron chi connectivity index (χ1n) is 5.83. The van der Waals surface area contributed by atoms with Crippen LogP contribution in [-0.4, -0.2) is 20.2 Å². The summed E-state index contributed by atoms with van der Waals surface area (Å²) in [4.78, 5) is 1.41. The molecule has 0 unspecified atom stereocenters. The van der Waals surface area contributed by atoms with Gasteiger partial charge in [-0.2, -0.15) is 5.26 Å². The van der Waals surface area contributed by atoms with Crippen LogP contribution in [0.4, 0.5) is 0 Å². The fourth-order valence-corrected chi connectivity index (χ4v) is 2.26. The molecule has 0 spiro atoms. The van der Waals surface area contributed by atoms with E-state index < -0.39 is 0 Å². The SMILES string of the molecule is N#Cc1cc(Br)cc(-n2nnc(-c3ccccc3)n2)c1. The summed E-state index contributed by atoms with van der Waals surface area (Å²) in [6.45, 7) is 0. The molecule has 3 rings (SSSR count). The van der Waals surface area contributed by atoms with Crippen molar-refractivity contribution in [3.05, 3.63) is 58.6 Å². The van der Waals surface area contributed by atoms with Gasteiger partial charge in [0.1, 0.15) is 0 Å². The first-order chi connectivity index (χ1) is 9.76. The van der Waals surface area contributed by atoms with Crippen molar-refractivity contribution in [2.45, 2.75) is 0 Å². The second-order valence-corrected chi connectivity index (χ2v) is 4.99. The predicted molar refractivity (Wildman–Crippen MR) is 77.0 cm³/mol. The van der Waals surface area contributed by atoms with Crippen molar-refractivity contribution in [3.8, 4) is 23.1 Å². The normalized spacial score (nSPS) is 10.2. The second kappa shape index (κ2) is 5.23. The van der Waals surface area contributed by atoms with Crippen LogP contribution in [0.3, 0.4) is 0 Å². The minimum absolute atomic E-state index is 0.535. The van der Waals surface area contributed by atoms with Crippen molar-refractivity contribution < 1.29 is 0 Å². The number of aromatic nitrogens is 4. The Bertz CT molecular complexity index is 789. The molecule has 0 aliphatic carbocycles. The number of nitriles is 1. The monoisotopic (exact) mass is 325 g/mol. The molecule has 1 heterocycles. The van der Waals surface area contributed by atoms with Crippen LogP contribution >= 0.6 is 15.9 Å². The summed E-state index contributed by atoms with van der Waals surface area (Å²) in [5, 5.41) is 21.4. The molecule has 0 atom stereocenters. The van der Waals surface area contributed by atoms with Gasteiger partial charge >= 0.3 is 0 Å². The van der Waals surface area contributed by atoms with Gasteiger partial charge in [0.2, 0.25) is 5.82 Å². The van der Waals surface area contributed by atoms with E-state index in [4.69, 9.17) is 5.26 Å². The Labute approximate surface area is 123 Å². The Morgan fingerprint density at radius 1 is 1.10 bits per heavy atom. The van der Waals surface area contributed by atoms with Gasteiger partial charge in [-0.25, -0.2) is 0 Å². The maximum absolute atomic E-state index is 8.98. The largest absolute Gasteiger partial charge is 0.205 e. The highest BCUT2D eigenvalue weighted by molar-refractivity contribution is 9.10. The number of nitrogens with zero attached hydrogens (tertiary/aromatic N) is 5. The fraction of sp³-hybridized carbons (Fsp3) is 0. The minimum Gasteiger partial charge on any atom is -0.192 e. The maximum atomic E-state index is 8.98. The molecule has 96 valence electrons. The quantitative estimate of drug-likeness (QED) is 0.726. The molecule has 1 aromatic heterocycles. The first-order valence-corrected chi connectivity index (χ1v) is 6.62. The van der Waals surface area contributed by atoms with Crippen LogP contribution in [0.2, 0.25) is 0 Å². The Balaban J connectivity index is 2.03. The van der Waals surface area contributed by atoms with Crippen LogP contribution in [0.5, 0.6) is 0 Å². The number of benzene rings is 2. The van der Waals surface area contributed by atoms with Crippen LogP contribution < -0.4 is 0 Å². The summed E-state index contributed by atoms with van der Waals surface area (Å²) in [6.07, 6.45) is 0. The zero-order valence-corrected chi connectivity index (χ0v) is 11.8. The van der Waals surface area contributed by atoms with E-state index in [0.29, 0.717) is 17.1 Å². The zero-order chi connectivity index (χ0) is 13.9. The molecule has 6 heteroatoms. The lowest BCUT2D eigenvalue weighted by Crippen LogP contribution is -1.99. The molecule has 0 saturated carbocycles. The fourth-order valence-electron chi connectivity index (χ4n) is 1.78. The zero-order valence-electron chi connectivity index (χ0n) is 10.2. The lowest BCUT2D eigenvalue weighted by Gasteiger charge is -2.00. The van der Waals surface area contributed by atoms with E-state index in [1.165, 1.54) is 4.80 Å². The Hall–Kier alpha value is -2.52. The summed E-state index contributed by atoms with van der Waals surface area (Å²) in [7, 11) is 0. The molecule has 5 nitrogen and oxygen atoms in total. The van der Waals surface area contributed by atoms with Crippen molar-refractivity contribution in [1.82, 2.24) is 20.2 Å². The van der Waals surface area contributed by atoms with Crippen LogP contribution in [0.15, 0.2) is 53.0 Å². The molecular formula is C14H8BrN5. The van der Waals surface area contributed by atoms with E-state index in [1.807, 2.05) is 36.4 Å². The van der Waals surface area contributed by atoms with Crippen molar-refractivity contribution in [3.63, 3.8) is 0 Å². The molecule has 0 bridgehead atoms. The van der Waals surface area contributed by atoms with Crippen LogP contribution in [0.25, 0.3) is 17.1 Å². The third-order valence-corrected chi connectivity index (χ3v) is 3.15. The molecule has 0 amide bonds. The van der Waals surface area contributed by atoms with Gasteiger partial charge in [-0.1, -0.05) is 46.3 Å². The van der Waals surface area contributed by atoms with Gasteiger partial charge in [0.25, 0.3) is 0 Å². The number of hydrogen-bond donors (Lipinski definition) is 0. The van der Waals surface area contributed by atoms with E-state index in [0.717, 1.165) is 10.0 Å². The summed E-state index contributed by atoms with van der Waals surface area (Å²) in [5.74, 6) is 0.545. The van der Waals surface area contributed by atoms with Gasteiger partial charge in [0.05, 0.1) is 17.3 Å². The summed E-state index contributed by atoms with van der Waals surface area (Å²) in [5.41, 5.74) is 2.12. The van der Waals surface area contributed by atoms with Gasteiger partial charge in [-0.05, 0) is 23.4 Å². The smallest absolute Gasteiger partial charge is 0.192 e. The molecule has 0 aliphatic heterocycles.